The van der Waals surface area contributed by atoms with E-state index in [1.165, 1.54) is 0 Å². The molecule has 0 spiro atoms. The fraction of sp³-hybridized carbons (Fsp3) is 0.364. The molecular formula is C11H15N3O3S. The van der Waals surface area contributed by atoms with Gasteiger partial charge in [-0.05, 0) is 26.0 Å². The molecule has 3 N–H and O–H groups in total. The van der Waals surface area contributed by atoms with Crippen molar-refractivity contribution in [1.29, 1.82) is 5.26 Å². The second kappa shape index (κ2) is 5.35. The Bertz CT molecular complexity index is 561. The van der Waals surface area contributed by atoms with Gasteiger partial charge in [0.2, 0.25) is 0 Å². The zero-order valence-electron chi connectivity index (χ0n) is 10.2. The lowest BCUT2D eigenvalue weighted by atomic mass is 10.1. The first-order valence-corrected chi connectivity index (χ1v) is 6.72. The number of nitrogens with two attached hydrogens (primary N) is 1. The van der Waals surface area contributed by atoms with Crippen molar-refractivity contribution >= 4 is 10.2 Å². The molecule has 0 unspecified atom stereocenters. The van der Waals surface area contributed by atoms with Gasteiger partial charge in [0, 0.05) is 0 Å². The van der Waals surface area contributed by atoms with Gasteiger partial charge in [0.05, 0.1) is 11.1 Å². The molecule has 0 amide bonds. The van der Waals surface area contributed by atoms with Crippen LogP contribution in [0.3, 0.4) is 0 Å². The average Bonchev–Trinajstić information content (AvgIpc) is 2.23. The number of benzene rings is 1. The highest BCUT2D eigenvalue weighted by molar-refractivity contribution is 7.87. The minimum atomic E-state index is -3.80. The standard InChI is InChI=1S/C11H15N3O3S/c1-11(2,14-18(13,15)16)8-17-10-6-4-3-5-9(10)7-12/h3-6,14H,8H2,1-2H3,(H2,13,15,16). The summed E-state index contributed by atoms with van der Waals surface area (Å²) in [6.07, 6.45) is 0. The lowest BCUT2D eigenvalue weighted by molar-refractivity contribution is 0.229. The van der Waals surface area contributed by atoms with Gasteiger partial charge in [0.15, 0.2) is 0 Å². The second-order valence-electron chi connectivity index (χ2n) is 4.43. The van der Waals surface area contributed by atoms with Gasteiger partial charge >= 0.3 is 0 Å². The number of nitrogens with one attached hydrogen (secondary N) is 1. The van der Waals surface area contributed by atoms with Crippen molar-refractivity contribution in [3.8, 4) is 11.8 Å². The van der Waals surface area contributed by atoms with Crippen LogP contribution in [-0.4, -0.2) is 20.6 Å². The topological polar surface area (TPSA) is 105 Å². The Morgan fingerprint density at radius 1 is 1.44 bits per heavy atom. The molecule has 0 saturated heterocycles. The first-order valence-electron chi connectivity index (χ1n) is 5.17. The van der Waals surface area contributed by atoms with Gasteiger partial charge in [-0.15, -0.1) is 0 Å². The Kier molecular flexibility index (Phi) is 4.29. The molecule has 0 atom stereocenters. The van der Waals surface area contributed by atoms with Gasteiger partial charge in [-0.2, -0.15) is 18.4 Å². The Labute approximate surface area is 107 Å². The molecule has 0 heterocycles. The monoisotopic (exact) mass is 269 g/mol. The van der Waals surface area contributed by atoms with E-state index in [2.05, 4.69) is 4.72 Å². The fourth-order valence-corrected chi connectivity index (χ4v) is 2.19. The van der Waals surface area contributed by atoms with Gasteiger partial charge in [-0.1, -0.05) is 12.1 Å². The lowest BCUT2D eigenvalue weighted by Gasteiger charge is -2.24. The Morgan fingerprint density at radius 2 is 2.06 bits per heavy atom. The number of rotatable bonds is 5. The van der Waals surface area contributed by atoms with Crippen molar-refractivity contribution < 1.29 is 13.2 Å². The van der Waals surface area contributed by atoms with Gasteiger partial charge in [0.25, 0.3) is 10.2 Å². The van der Waals surface area contributed by atoms with Gasteiger partial charge < -0.3 is 4.74 Å². The summed E-state index contributed by atoms with van der Waals surface area (Å²) in [7, 11) is -3.80. The zero-order chi connectivity index (χ0) is 13.8. The third kappa shape index (κ3) is 4.71. The van der Waals surface area contributed by atoms with E-state index in [1.54, 1.807) is 38.1 Å². The Morgan fingerprint density at radius 3 is 2.61 bits per heavy atom. The summed E-state index contributed by atoms with van der Waals surface area (Å²) in [6, 6.07) is 8.71. The number of hydrogen-bond donors (Lipinski definition) is 2. The predicted molar refractivity (Wildman–Crippen MR) is 67.0 cm³/mol. The molecule has 0 aromatic heterocycles. The first-order chi connectivity index (χ1) is 8.23. The maximum absolute atomic E-state index is 10.9. The normalized spacial score (nSPS) is 11.9. The van der Waals surface area contributed by atoms with Crippen LogP contribution in [-0.2, 0) is 10.2 Å². The minimum Gasteiger partial charge on any atom is -0.490 e. The van der Waals surface area contributed by atoms with Crippen LogP contribution in [0.15, 0.2) is 24.3 Å². The Hall–Kier alpha value is -1.62. The number of nitriles is 1. The van der Waals surface area contributed by atoms with Crippen molar-refractivity contribution in [2.75, 3.05) is 6.61 Å². The van der Waals surface area contributed by atoms with E-state index in [0.29, 0.717) is 11.3 Å². The van der Waals surface area contributed by atoms with Crippen LogP contribution in [0.2, 0.25) is 0 Å². The maximum Gasteiger partial charge on any atom is 0.274 e. The third-order valence-electron chi connectivity index (χ3n) is 2.01. The number of para-hydroxylation sites is 1. The molecule has 0 fully saturated rings. The average molecular weight is 269 g/mol. The fourth-order valence-electron chi connectivity index (χ4n) is 1.36. The van der Waals surface area contributed by atoms with E-state index < -0.39 is 15.7 Å². The van der Waals surface area contributed by atoms with Gasteiger partial charge in [-0.3, -0.25) is 0 Å². The molecule has 18 heavy (non-hydrogen) atoms. The number of ether oxygens (including phenoxy) is 1. The van der Waals surface area contributed by atoms with E-state index in [0.717, 1.165) is 0 Å². The van der Waals surface area contributed by atoms with Crippen LogP contribution in [0, 0.1) is 11.3 Å². The van der Waals surface area contributed by atoms with Crippen LogP contribution < -0.4 is 14.6 Å². The third-order valence-corrected chi connectivity index (χ3v) is 2.85. The van der Waals surface area contributed by atoms with Crippen molar-refractivity contribution in [3.63, 3.8) is 0 Å². The molecule has 0 aliphatic rings. The van der Waals surface area contributed by atoms with Gasteiger partial charge in [0.1, 0.15) is 18.4 Å². The lowest BCUT2D eigenvalue weighted by Crippen LogP contribution is -2.50. The minimum absolute atomic E-state index is 0.0577. The molecule has 0 saturated carbocycles. The molecule has 1 aromatic rings. The summed E-state index contributed by atoms with van der Waals surface area (Å²) in [5, 5.41) is 13.8. The molecular weight excluding hydrogens is 254 g/mol. The SMILES string of the molecule is CC(C)(COc1ccccc1C#N)NS(N)(=O)=O. The largest absolute Gasteiger partial charge is 0.490 e. The van der Waals surface area contributed by atoms with Crippen LogP contribution >= 0.6 is 0 Å². The molecule has 0 aliphatic carbocycles. The molecule has 0 aliphatic heterocycles. The van der Waals surface area contributed by atoms with E-state index in [9.17, 15) is 8.42 Å². The highest BCUT2D eigenvalue weighted by atomic mass is 32.2. The van der Waals surface area contributed by atoms with Crippen LogP contribution in [0.25, 0.3) is 0 Å². The highest BCUT2D eigenvalue weighted by Crippen LogP contribution is 2.18. The quantitative estimate of drug-likeness (QED) is 0.812. The van der Waals surface area contributed by atoms with Crippen molar-refractivity contribution in [2.24, 2.45) is 5.14 Å². The van der Waals surface area contributed by atoms with Crippen LogP contribution in [0.4, 0.5) is 0 Å². The summed E-state index contributed by atoms with van der Waals surface area (Å²) < 4.78 is 29.6. The van der Waals surface area contributed by atoms with E-state index in [4.69, 9.17) is 15.1 Å². The number of nitrogens with zero attached hydrogens (tertiary/aromatic N) is 1. The second-order valence-corrected chi connectivity index (χ2v) is 5.72. The first kappa shape index (κ1) is 14.4. The van der Waals surface area contributed by atoms with Crippen molar-refractivity contribution in [3.05, 3.63) is 29.8 Å². The summed E-state index contributed by atoms with van der Waals surface area (Å²) in [4.78, 5) is 0. The summed E-state index contributed by atoms with van der Waals surface area (Å²) >= 11 is 0. The molecule has 0 bridgehead atoms. The predicted octanol–water partition coefficient (Wildman–Crippen LogP) is 0.509. The molecule has 1 aromatic carbocycles. The molecule has 6 nitrogen and oxygen atoms in total. The van der Waals surface area contributed by atoms with Crippen LogP contribution in [0.5, 0.6) is 5.75 Å². The zero-order valence-corrected chi connectivity index (χ0v) is 11.0. The Balaban J connectivity index is 2.74. The van der Waals surface area contributed by atoms with E-state index >= 15 is 0 Å². The summed E-state index contributed by atoms with van der Waals surface area (Å²) in [5.74, 6) is 0.407. The maximum atomic E-state index is 10.9. The van der Waals surface area contributed by atoms with Gasteiger partial charge in [-0.25, -0.2) is 5.14 Å². The summed E-state index contributed by atoms with van der Waals surface area (Å²) in [5.41, 5.74) is -0.472. The molecule has 1 rings (SSSR count). The number of hydrogen-bond acceptors (Lipinski definition) is 4. The van der Waals surface area contributed by atoms with Crippen molar-refractivity contribution in [1.82, 2.24) is 4.72 Å². The van der Waals surface area contributed by atoms with Crippen LogP contribution in [0.1, 0.15) is 19.4 Å². The molecule has 0 radical (unpaired) electrons. The summed E-state index contributed by atoms with van der Waals surface area (Å²) in [6.45, 7) is 3.32. The smallest absolute Gasteiger partial charge is 0.274 e. The van der Waals surface area contributed by atoms with E-state index in [-0.39, 0.29) is 6.61 Å². The van der Waals surface area contributed by atoms with Crippen molar-refractivity contribution in [2.45, 2.75) is 19.4 Å². The molecule has 98 valence electrons. The highest BCUT2D eigenvalue weighted by Gasteiger charge is 2.23. The van der Waals surface area contributed by atoms with E-state index in [1.807, 2.05) is 6.07 Å². The molecule has 7 heteroatoms.